The van der Waals surface area contributed by atoms with E-state index in [9.17, 15) is 4.79 Å². The molecular formula is C9H15NO. The van der Waals surface area contributed by atoms with Gasteiger partial charge in [0.1, 0.15) is 0 Å². The summed E-state index contributed by atoms with van der Waals surface area (Å²) in [4.78, 5) is 12.9. The van der Waals surface area contributed by atoms with Gasteiger partial charge in [-0.25, -0.2) is 0 Å². The first-order valence-corrected chi connectivity index (χ1v) is 4.00. The quantitative estimate of drug-likeness (QED) is 0.522. The Hall–Kier alpha value is -0.790. The minimum absolute atomic E-state index is 0.266. The Kier molecular flexibility index (Phi) is 2.32. The van der Waals surface area contributed by atoms with Gasteiger partial charge in [-0.2, -0.15) is 0 Å². The molecular weight excluding hydrogens is 138 g/mol. The summed E-state index contributed by atoms with van der Waals surface area (Å²) in [5.74, 6) is 0.792. The summed E-state index contributed by atoms with van der Waals surface area (Å²) in [6, 6.07) is 0. The number of hydrogen-bond donors (Lipinski definition) is 0. The van der Waals surface area contributed by atoms with Crippen molar-refractivity contribution in [3.63, 3.8) is 0 Å². The van der Waals surface area contributed by atoms with Crippen LogP contribution in [0, 0.1) is 5.92 Å². The van der Waals surface area contributed by atoms with Crippen molar-refractivity contribution in [1.82, 2.24) is 4.90 Å². The van der Waals surface area contributed by atoms with Crippen LogP contribution in [0.4, 0.5) is 0 Å². The first-order chi connectivity index (χ1) is 5.11. The van der Waals surface area contributed by atoms with Crippen LogP contribution in [0.2, 0.25) is 0 Å². The molecule has 2 heteroatoms. The maximum atomic E-state index is 11.1. The van der Waals surface area contributed by atoms with Crippen molar-refractivity contribution in [3.8, 4) is 0 Å². The SMILES string of the molecule is C=C(C)C1CCC(=O)N(C)C1. The Bertz CT molecular complexity index is 186. The molecule has 1 amide bonds. The maximum absolute atomic E-state index is 11.1. The van der Waals surface area contributed by atoms with Gasteiger partial charge >= 0.3 is 0 Å². The minimum atomic E-state index is 0.266. The fourth-order valence-corrected chi connectivity index (χ4v) is 1.41. The summed E-state index contributed by atoms with van der Waals surface area (Å²) in [5.41, 5.74) is 1.20. The standard InChI is InChI=1S/C9H15NO/c1-7(2)8-4-5-9(11)10(3)6-8/h8H,1,4-6H2,2-3H3. The molecule has 0 aromatic carbocycles. The zero-order valence-corrected chi connectivity index (χ0v) is 7.26. The van der Waals surface area contributed by atoms with E-state index in [0.717, 1.165) is 13.0 Å². The van der Waals surface area contributed by atoms with Gasteiger partial charge in [-0.1, -0.05) is 12.2 Å². The van der Waals surface area contributed by atoms with Crippen LogP contribution in [0.15, 0.2) is 12.2 Å². The van der Waals surface area contributed by atoms with E-state index < -0.39 is 0 Å². The highest BCUT2D eigenvalue weighted by Gasteiger charge is 2.22. The van der Waals surface area contributed by atoms with Crippen molar-refractivity contribution >= 4 is 5.91 Å². The van der Waals surface area contributed by atoms with Gasteiger partial charge < -0.3 is 4.90 Å². The van der Waals surface area contributed by atoms with Gasteiger partial charge in [0.15, 0.2) is 0 Å². The Morgan fingerprint density at radius 2 is 2.36 bits per heavy atom. The zero-order valence-electron chi connectivity index (χ0n) is 7.26. The summed E-state index contributed by atoms with van der Waals surface area (Å²) in [7, 11) is 1.86. The van der Waals surface area contributed by atoms with Crippen molar-refractivity contribution < 1.29 is 4.79 Å². The number of rotatable bonds is 1. The summed E-state index contributed by atoms with van der Waals surface area (Å²) >= 11 is 0. The lowest BCUT2D eigenvalue weighted by Crippen LogP contribution is -2.37. The normalized spacial score (nSPS) is 25.5. The first-order valence-electron chi connectivity index (χ1n) is 4.00. The molecule has 0 bridgehead atoms. The van der Waals surface area contributed by atoms with Crippen LogP contribution in [0.1, 0.15) is 19.8 Å². The van der Waals surface area contributed by atoms with Gasteiger partial charge in [0.05, 0.1) is 0 Å². The number of hydrogen-bond acceptors (Lipinski definition) is 1. The predicted octanol–water partition coefficient (Wildman–Crippen LogP) is 1.43. The number of carbonyl (C=O) groups excluding carboxylic acids is 1. The molecule has 0 aromatic heterocycles. The molecule has 1 heterocycles. The minimum Gasteiger partial charge on any atom is -0.345 e. The molecule has 1 unspecified atom stereocenters. The zero-order chi connectivity index (χ0) is 8.43. The molecule has 0 aliphatic carbocycles. The molecule has 0 aromatic rings. The van der Waals surface area contributed by atoms with Crippen LogP contribution in [0.3, 0.4) is 0 Å². The number of amides is 1. The third-order valence-corrected chi connectivity index (χ3v) is 2.32. The summed E-state index contributed by atoms with van der Waals surface area (Å²) in [6.07, 6.45) is 1.67. The van der Waals surface area contributed by atoms with Crippen LogP contribution < -0.4 is 0 Å². The highest BCUT2D eigenvalue weighted by molar-refractivity contribution is 5.76. The molecule has 1 atom stereocenters. The molecule has 1 aliphatic rings. The average Bonchev–Trinajstić information content (AvgIpc) is 1.94. The molecule has 0 saturated carbocycles. The highest BCUT2D eigenvalue weighted by atomic mass is 16.2. The topological polar surface area (TPSA) is 20.3 Å². The third-order valence-electron chi connectivity index (χ3n) is 2.32. The molecule has 1 rings (SSSR count). The van der Waals surface area contributed by atoms with Gasteiger partial charge in [0.25, 0.3) is 0 Å². The van der Waals surface area contributed by atoms with E-state index in [2.05, 4.69) is 6.58 Å². The van der Waals surface area contributed by atoms with Crippen molar-refractivity contribution in [1.29, 1.82) is 0 Å². The van der Waals surface area contributed by atoms with E-state index >= 15 is 0 Å². The lowest BCUT2D eigenvalue weighted by atomic mass is 9.92. The molecule has 1 saturated heterocycles. The van der Waals surface area contributed by atoms with E-state index in [1.807, 2.05) is 14.0 Å². The van der Waals surface area contributed by atoms with Crippen LogP contribution in [-0.4, -0.2) is 24.4 Å². The Morgan fingerprint density at radius 1 is 1.73 bits per heavy atom. The molecule has 0 spiro atoms. The van der Waals surface area contributed by atoms with E-state index in [0.29, 0.717) is 12.3 Å². The van der Waals surface area contributed by atoms with Gasteiger partial charge in [-0.05, 0) is 19.3 Å². The Balaban J connectivity index is 2.52. The van der Waals surface area contributed by atoms with Crippen LogP contribution in [0.5, 0.6) is 0 Å². The largest absolute Gasteiger partial charge is 0.345 e. The monoisotopic (exact) mass is 153 g/mol. The molecule has 11 heavy (non-hydrogen) atoms. The number of carbonyl (C=O) groups is 1. The molecule has 2 nitrogen and oxygen atoms in total. The van der Waals surface area contributed by atoms with Gasteiger partial charge in [0.2, 0.25) is 5.91 Å². The van der Waals surface area contributed by atoms with Crippen LogP contribution in [-0.2, 0) is 4.79 Å². The van der Waals surface area contributed by atoms with Crippen molar-refractivity contribution in [2.75, 3.05) is 13.6 Å². The second-order valence-electron chi connectivity index (χ2n) is 3.36. The second kappa shape index (κ2) is 3.07. The van der Waals surface area contributed by atoms with Gasteiger partial charge in [-0.3, -0.25) is 4.79 Å². The van der Waals surface area contributed by atoms with Gasteiger partial charge in [0, 0.05) is 20.0 Å². The third kappa shape index (κ3) is 1.82. The Labute approximate surface area is 67.9 Å². The second-order valence-corrected chi connectivity index (χ2v) is 3.36. The maximum Gasteiger partial charge on any atom is 0.222 e. The number of piperidine rings is 1. The van der Waals surface area contributed by atoms with Gasteiger partial charge in [-0.15, -0.1) is 0 Å². The van der Waals surface area contributed by atoms with E-state index in [1.165, 1.54) is 5.57 Å². The lowest BCUT2D eigenvalue weighted by molar-refractivity contribution is -0.132. The van der Waals surface area contributed by atoms with E-state index in [1.54, 1.807) is 4.90 Å². The molecule has 1 aliphatic heterocycles. The fourth-order valence-electron chi connectivity index (χ4n) is 1.41. The molecule has 0 N–H and O–H groups in total. The van der Waals surface area contributed by atoms with Crippen molar-refractivity contribution in [3.05, 3.63) is 12.2 Å². The smallest absolute Gasteiger partial charge is 0.222 e. The fraction of sp³-hybridized carbons (Fsp3) is 0.667. The number of nitrogens with zero attached hydrogens (tertiary/aromatic N) is 1. The summed E-state index contributed by atoms with van der Waals surface area (Å²) in [6.45, 7) is 6.79. The summed E-state index contributed by atoms with van der Waals surface area (Å²) < 4.78 is 0. The van der Waals surface area contributed by atoms with Crippen molar-refractivity contribution in [2.45, 2.75) is 19.8 Å². The Morgan fingerprint density at radius 3 is 2.82 bits per heavy atom. The average molecular weight is 153 g/mol. The van der Waals surface area contributed by atoms with Crippen molar-refractivity contribution in [2.24, 2.45) is 5.92 Å². The molecule has 62 valence electrons. The first kappa shape index (κ1) is 8.31. The molecule has 0 radical (unpaired) electrons. The lowest BCUT2D eigenvalue weighted by Gasteiger charge is -2.29. The van der Waals surface area contributed by atoms with E-state index in [-0.39, 0.29) is 5.91 Å². The molecule has 1 fully saturated rings. The predicted molar refractivity (Wildman–Crippen MR) is 45.2 cm³/mol. The van der Waals surface area contributed by atoms with Crippen LogP contribution in [0.25, 0.3) is 0 Å². The summed E-state index contributed by atoms with van der Waals surface area (Å²) in [5, 5.41) is 0. The van der Waals surface area contributed by atoms with Crippen LogP contribution >= 0.6 is 0 Å². The number of likely N-dealkylation sites (tertiary alicyclic amines) is 1. The van der Waals surface area contributed by atoms with E-state index in [4.69, 9.17) is 0 Å². The highest BCUT2D eigenvalue weighted by Crippen LogP contribution is 2.21.